The summed E-state index contributed by atoms with van der Waals surface area (Å²) in [4.78, 5) is 0. The monoisotopic (exact) mass is 380 g/mol. The van der Waals surface area contributed by atoms with Crippen LogP contribution in [0.3, 0.4) is 0 Å². The maximum atomic E-state index is 5.78. The average Bonchev–Trinajstić information content (AvgIpc) is 2.70. The molecular weight excluding hydrogens is 360 g/mol. The minimum absolute atomic E-state index is 0.454. The molecule has 27 heavy (non-hydrogen) atoms. The third-order valence-corrected chi connectivity index (χ3v) is 3.95. The van der Waals surface area contributed by atoms with Gasteiger partial charge in [0.2, 0.25) is 0 Å². The molecule has 0 spiro atoms. The number of anilines is 2. The van der Waals surface area contributed by atoms with Crippen molar-refractivity contribution in [1.29, 1.82) is 0 Å². The number of thiocarbonyl (C=S) groups is 1. The Morgan fingerprint density at radius 2 is 1.41 bits per heavy atom. The number of benzene rings is 3. The van der Waals surface area contributed by atoms with Crippen molar-refractivity contribution in [1.82, 2.24) is 0 Å². The molecule has 0 radical (unpaired) electrons. The molecule has 3 aromatic carbocycles. The highest BCUT2D eigenvalue weighted by Gasteiger charge is 2.07. The Kier molecular flexibility index (Phi) is 6.12. The van der Waals surface area contributed by atoms with Gasteiger partial charge in [-0.15, -0.1) is 0 Å². The van der Waals surface area contributed by atoms with Crippen LogP contribution in [0.4, 0.5) is 11.4 Å². The van der Waals surface area contributed by atoms with Crippen molar-refractivity contribution in [3.63, 3.8) is 0 Å². The summed E-state index contributed by atoms with van der Waals surface area (Å²) in [5.74, 6) is 2.90. The molecular formula is C21H20N2O3S. The standard InChI is InChI=1S/C21H20N2O3S/c1-24-18-12-13-19(20(14-18)25-2)23-21(27)22-15-8-10-17(11-9-15)26-16-6-4-3-5-7-16/h3-14H,1-2H3,(H2,22,23,27). The van der Waals surface area contributed by atoms with Crippen LogP contribution < -0.4 is 24.8 Å². The average molecular weight is 380 g/mol. The van der Waals surface area contributed by atoms with E-state index in [2.05, 4.69) is 10.6 Å². The molecule has 0 amide bonds. The molecule has 0 aromatic heterocycles. The first-order valence-electron chi connectivity index (χ1n) is 8.31. The molecule has 0 atom stereocenters. The fourth-order valence-corrected chi connectivity index (χ4v) is 2.65. The number of nitrogens with one attached hydrogen (secondary N) is 2. The van der Waals surface area contributed by atoms with Gasteiger partial charge in [-0.1, -0.05) is 18.2 Å². The van der Waals surface area contributed by atoms with Crippen molar-refractivity contribution >= 4 is 28.7 Å². The molecule has 138 valence electrons. The molecule has 0 aliphatic carbocycles. The fraction of sp³-hybridized carbons (Fsp3) is 0.0952. The van der Waals surface area contributed by atoms with Crippen LogP contribution in [0.15, 0.2) is 72.8 Å². The van der Waals surface area contributed by atoms with Gasteiger partial charge < -0.3 is 24.8 Å². The molecule has 5 nitrogen and oxygen atoms in total. The highest BCUT2D eigenvalue weighted by Crippen LogP contribution is 2.29. The van der Waals surface area contributed by atoms with E-state index in [1.807, 2.05) is 66.7 Å². The molecule has 0 fully saturated rings. The van der Waals surface area contributed by atoms with E-state index < -0.39 is 0 Å². The SMILES string of the molecule is COc1ccc(NC(=S)Nc2ccc(Oc3ccccc3)cc2)c(OC)c1. The van der Waals surface area contributed by atoms with Gasteiger partial charge in [-0.25, -0.2) is 0 Å². The lowest BCUT2D eigenvalue weighted by molar-refractivity contribution is 0.395. The topological polar surface area (TPSA) is 51.8 Å². The van der Waals surface area contributed by atoms with E-state index >= 15 is 0 Å². The first kappa shape index (κ1) is 18.5. The molecule has 0 aliphatic rings. The summed E-state index contributed by atoms with van der Waals surface area (Å²) in [5, 5.41) is 6.72. The summed E-state index contributed by atoms with van der Waals surface area (Å²) < 4.78 is 16.3. The second-order valence-corrected chi connectivity index (χ2v) is 5.99. The summed E-state index contributed by atoms with van der Waals surface area (Å²) in [6.07, 6.45) is 0. The molecule has 6 heteroatoms. The van der Waals surface area contributed by atoms with Crippen LogP contribution in [0.1, 0.15) is 0 Å². The second kappa shape index (κ2) is 8.91. The van der Waals surface area contributed by atoms with Crippen LogP contribution in [0.5, 0.6) is 23.0 Å². The van der Waals surface area contributed by atoms with Crippen molar-refractivity contribution in [3.05, 3.63) is 72.8 Å². The van der Waals surface area contributed by atoms with Gasteiger partial charge in [0.1, 0.15) is 23.0 Å². The van der Waals surface area contributed by atoms with Gasteiger partial charge in [0, 0.05) is 11.8 Å². The Balaban J connectivity index is 1.61. The summed E-state index contributed by atoms with van der Waals surface area (Å²) in [6, 6.07) is 22.7. The molecule has 0 bridgehead atoms. The van der Waals surface area contributed by atoms with Gasteiger partial charge >= 0.3 is 0 Å². The number of methoxy groups -OCH3 is 2. The molecule has 0 unspecified atom stereocenters. The predicted molar refractivity (Wildman–Crippen MR) is 112 cm³/mol. The number of ether oxygens (including phenoxy) is 3. The maximum Gasteiger partial charge on any atom is 0.175 e. The van der Waals surface area contributed by atoms with Crippen LogP contribution in [-0.2, 0) is 0 Å². The van der Waals surface area contributed by atoms with Gasteiger partial charge in [-0.2, -0.15) is 0 Å². The minimum Gasteiger partial charge on any atom is -0.497 e. The Bertz CT molecular complexity index is 899. The lowest BCUT2D eigenvalue weighted by atomic mass is 10.2. The van der Waals surface area contributed by atoms with E-state index in [9.17, 15) is 0 Å². The highest BCUT2D eigenvalue weighted by molar-refractivity contribution is 7.80. The largest absolute Gasteiger partial charge is 0.497 e. The molecule has 0 saturated heterocycles. The van der Waals surface area contributed by atoms with E-state index in [1.165, 1.54) is 0 Å². The number of para-hydroxylation sites is 1. The molecule has 2 N–H and O–H groups in total. The zero-order valence-corrected chi connectivity index (χ0v) is 15.9. The van der Waals surface area contributed by atoms with E-state index in [-0.39, 0.29) is 0 Å². The first-order chi connectivity index (χ1) is 13.2. The smallest absolute Gasteiger partial charge is 0.175 e. The Labute approximate surface area is 163 Å². The summed E-state index contributed by atoms with van der Waals surface area (Å²) in [7, 11) is 3.21. The van der Waals surface area contributed by atoms with Gasteiger partial charge in [0.25, 0.3) is 0 Å². The maximum absolute atomic E-state index is 5.78. The Morgan fingerprint density at radius 3 is 2.07 bits per heavy atom. The zero-order chi connectivity index (χ0) is 19.1. The van der Waals surface area contributed by atoms with Crippen molar-refractivity contribution in [2.24, 2.45) is 0 Å². The van der Waals surface area contributed by atoms with Crippen molar-refractivity contribution < 1.29 is 14.2 Å². The number of hydrogen-bond donors (Lipinski definition) is 2. The lowest BCUT2D eigenvalue weighted by Gasteiger charge is -2.14. The predicted octanol–water partition coefficient (Wildman–Crippen LogP) is 5.31. The van der Waals surface area contributed by atoms with Crippen LogP contribution in [0, 0.1) is 0 Å². The zero-order valence-electron chi connectivity index (χ0n) is 15.1. The summed E-state index contributed by atoms with van der Waals surface area (Å²) >= 11 is 5.38. The second-order valence-electron chi connectivity index (χ2n) is 5.58. The number of rotatable bonds is 6. The van der Waals surface area contributed by atoms with Crippen molar-refractivity contribution in [2.75, 3.05) is 24.9 Å². The fourth-order valence-electron chi connectivity index (χ4n) is 2.42. The molecule has 3 rings (SSSR count). The van der Waals surface area contributed by atoms with Gasteiger partial charge in [-0.05, 0) is 60.7 Å². The van der Waals surface area contributed by atoms with Gasteiger partial charge in [-0.3, -0.25) is 0 Å². The molecule has 0 aliphatic heterocycles. The van der Waals surface area contributed by atoms with Crippen LogP contribution in [0.25, 0.3) is 0 Å². The summed E-state index contributed by atoms with van der Waals surface area (Å²) in [6.45, 7) is 0. The van der Waals surface area contributed by atoms with Crippen LogP contribution in [-0.4, -0.2) is 19.3 Å². The highest BCUT2D eigenvalue weighted by atomic mass is 32.1. The van der Waals surface area contributed by atoms with Gasteiger partial charge in [0.15, 0.2) is 5.11 Å². The van der Waals surface area contributed by atoms with Crippen molar-refractivity contribution in [2.45, 2.75) is 0 Å². The lowest BCUT2D eigenvalue weighted by Crippen LogP contribution is -2.19. The van der Waals surface area contributed by atoms with Crippen molar-refractivity contribution in [3.8, 4) is 23.0 Å². The van der Waals surface area contributed by atoms with E-state index in [4.69, 9.17) is 26.4 Å². The normalized spacial score (nSPS) is 10.0. The summed E-state index contributed by atoms with van der Waals surface area (Å²) in [5.41, 5.74) is 1.60. The van der Waals surface area contributed by atoms with E-state index in [0.717, 1.165) is 22.9 Å². The third-order valence-electron chi connectivity index (χ3n) is 3.75. The molecule has 3 aromatic rings. The minimum atomic E-state index is 0.454. The Morgan fingerprint density at radius 1 is 0.741 bits per heavy atom. The van der Waals surface area contributed by atoms with Crippen LogP contribution in [0.2, 0.25) is 0 Å². The van der Waals surface area contributed by atoms with E-state index in [1.54, 1.807) is 20.3 Å². The van der Waals surface area contributed by atoms with Gasteiger partial charge in [0.05, 0.1) is 19.9 Å². The Hall–Kier alpha value is -3.25. The molecule has 0 heterocycles. The third kappa shape index (κ3) is 5.12. The molecule has 0 saturated carbocycles. The van der Waals surface area contributed by atoms with Crippen LogP contribution >= 0.6 is 12.2 Å². The first-order valence-corrected chi connectivity index (χ1v) is 8.72. The number of hydrogen-bond acceptors (Lipinski definition) is 4. The van der Waals surface area contributed by atoms with E-state index in [0.29, 0.717) is 16.6 Å². The quantitative estimate of drug-likeness (QED) is 0.566.